The molecular weight excluding hydrogens is 312 g/mol. The van der Waals surface area contributed by atoms with Crippen LogP contribution in [-0.4, -0.2) is 5.37 Å². The monoisotopic (exact) mass is 322 g/mol. The number of fused-ring (bicyclic) bond motifs is 1. The van der Waals surface area contributed by atoms with Gasteiger partial charge in [-0.25, -0.2) is 0 Å². The quantitative estimate of drug-likeness (QED) is 0.766. The standard InChI is InChI=1S/C15H11ClO4S/c17-16(18,19)20-21-11-10-13(12-6-2-1-3-7-12)14-8-4-5-9-15(14)21/h1-11H. The summed E-state index contributed by atoms with van der Waals surface area (Å²) in [6.07, 6.45) is 1.79. The van der Waals surface area contributed by atoms with Crippen molar-refractivity contribution in [2.24, 2.45) is 0 Å². The minimum Gasteiger partial charge on any atom is -0.182 e. The summed E-state index contributed by atoms with van der Waals surface area (Å²) in [6.45, 7) is 0. The number of halogens is 1. The van der Waals surface area contributed by atoms with Gasteiger partial charge in [-0.05, 0) is 28.8 Å². The van der Waals surface area contributed by atoms with Crippen LogP contribution < -0.4 is 14.0 Å². The van der Waals surface area contributed by atoms with Crippen LogP contribution in [0, 0.1) is 10.2 Å². The van der Waals surface area contributed by atoms with Crippen molar-refractivity contribution in [1.82, 2.24) is 0 Å². The van der Waals surface area contributed by atoms with Gasteiger partial charge in [0, 0.05) is 5.37 Å². The second-order valence-corrected chi connectivity index (χ2v) is 6.88. The molecule has 1 heterocycles. The molecule has 4 nitrogen and oxygen atoms in total. The second kappa shape index (κ2) is 5.73. The average molecular weight is 323 g/mol. The average Bonchev–Trinajstić information content (AvgIpc) is 2.47. The zero-order chi connectivity index (χ0) is 14.9. The van der Waals surface area contributed by atoms with Crippen LogP contribution in [0.1, 0.15) is 11.1 Å². The molecule has 0 N–H and O–H groups in total. The number of hydrogen-bond donors (Lipinski definition) is 0. The van der Waals surface area contributed by atoms with Gasteiger partial charge in [-0.1, -0.05) is 48.5 Å². The van der Waals surface area contributed by atoms with Crippen molar-refractivity contribution >= 4 is 21.7 Å². The molecule has 1 aliphatic rings. The SMILES string of the molecule is [O-][Cl+3]([O-])([O-])OS1=CC=C(c2ccccc2)c2ccccc21. The molecule has 0 bridgehead atoms. The molecular formula is C15H11ClO4S. The molecule has 0 saturated carbocycles. The van der Waals surface area contributed by atoms with Gasteiger partial charge in [0.1, 0.15) is 14.5 Å². The van der Waals surface area contributed by atoms with Gasteiger partial charge in [0.15, 0.2) is 0 Å². The fourth-order valence-electron chi connectivity index (χ4n) is 2.17. The Morgan fingerprint density at radius 2 is 1.52 bits per heavy atom. The summed E-state index contributed by atoms with van der Waals surface area (Å²) in [5.74, 6) is 0. The van der Waals surface area contributed by atoms with E-state index >= 15 is 0 Å². The lowest BCUT2D eigenvalue weighted by Gasteiger charge is -2.19. The summed E-state index contributed by atoms with van der Waals surface area (Å²) in [7, 11) is -5.66. The minimum absolute atomic E-state index is 0.686. The molecule has 0 spiro atoms. The van der Waals surface area contributed by atoms with Crippen molar-refractivity contribution in [3.63, 3.8) is 0 Å². The summed E-state index contributed by atoms with van der Waals surface area (Å²) in [4.78, 5) is 0.686. The second-order valence-electron chi connectivity index (χ2n) is 4.32. The molecule has 2 aromatic rings. The lowest BCUT2D eigenvalue weighted by molar-refractivity contribution is -1.91. The normalized spacial score (nSPS) is 17.7. The zero-order valence-electron chi connectivity index (χ0n) is 10.8. The predicted octanol–water partition coefficient (Wildman–Crippen LogP) is 0.391. The summed E-state index contributed by atoms with van der Waals surface area (Å²) in [6, 6.07) is 17.1. The molecule has 0 saturated heterocycles. The lowest BCUT2D eigenvalue weighted by Crippen LogP contribution is -2.60. The third kappa shape index (κ3) is 3.24. The predicted molar refractivity (Wildman–Crippen MR) is 73.0 cm³/mol. The minimum atomic E-state index is -4.46. The van der Waals surface area contributed by atoms with E-state index in [0.717, 1.165) is 16.7 Å². The molecule has 21 heavy (non-hydrogen) atoms. The first kappa shape index (κ1) is 14.5. The highest BCUT2D eigenvalue weighted by Gasteiger charge is 2.27. The number of rotatable bonds is 3. The molecule has 0 aromatic heterocycles. The number of benzene rings is 2. The fraction of sp³-hybridized carbons (Fsp3) is 0. The zero-order valence-corrected chi connectivity index (χ0v) is 12.3. The van der Waals surface area contributed by atoms with Crippen LogP contribution in [0.5, 0.6) is 0 Å². The maximum Gasteiger partial charge on any atom is 0.141 e. The molecule has 2 aromatic carbocycles. The molecule has 0 fully saturated rings. The van der Waals surface area contributed by atoms with Crippen LogP contribution in [0.3, 0.4) is 0 Å². The first-order valence-corrected chi connectivity index (χ1v) is 8.53. The van der Waals surface area contributed by atoms with E-state index in [2.05, 4.69) is 3.74 Å². The van der Waals surface area contributed by atoms with Gasteiger partial charge in [0.25, 0.3) is 0 Å². The summed E-state index contributed by atoms with van der Waals surface area (Å²) in [5, 5.41) is 1.60. The first-order chi connectivity index (χ1) is 10.0. The molecule has 1 atom stereocenters. The Morgan fingerprint density at radius 3 is 2.24 bits per heavy atom. The Labute approximate surface area is 126 Å². The molecule has 0 amide bonds. The van der Waals surface area contributed by atoms with E-state index < -0.39 is 21.0 Å². The van der Waals surface area contributed by atoms with Gasteiger partial charge in [0.2, 0.25) is 0 Å². The Balaban J connectivity index is 2.10. The van der Waals surface area contributed by atoms with Gasteiger partial charge in [-0.3, -0.25) is 0 Å². The highest BCUT2D eigenvalue weighted by atomic mass is 35.7. The van der Waals surface area contributed by atoms with Crippen LogP contribution in [0.4, 0.5) is 0 Å². The highest BCUT2D eigenvalue weighted by Crippen LogP contribution is 2.40. The van der Waals surface area contributed by atoms with E-state index in [0.29, 0.717) is 4.90 Å². The van der Waals surface area contributed by atoms with E-state index in [1.807, 2.05) is 42.5 Å². The van der Waals surface area contributed by atoms with Gasteiger partial charge in [-0.2, -0.15) is 14.0 Å². The van der Waals surface area contributed by atoms with E-state index in [4.69, 9.17) is 0 Å². The topological polar surface area (TPSA) is 78.4 Å². The highest BCUT2D eigenvalue weighted by molar-refractivity contribution is 8.11. The van der Waals surface area contributed by atoms with Crippen molar-refractivity contribution in [1.29, 1.82) is 0 Å². The van der Waals surface area contributed by atoms with Gasteiger partial charge >= 0.3 is 0 Å². The molecule has 6 heteroatoms. The Morgan fingerprint density at radius 1 is 0.857 bits per heavy atom. The summed E-state index contributed by atoms with van der Waals surface area (Å²) in [5.41, 5.74) is 2.86. The Hall–Kier alpha value is -1.47. The molecule has 108 valence electrons. The molecule has 1 aliphatic heterocycles. The smallest absolute Gasteiger partial charge is 0.141 e. The molecule has 0 radical (unpaired) electrons. The number of allylic oxidation sites excluding steroid dienone is 1. The Bertz CT molecular complexity index is 720. The van der Waals surface area contributed by atoms with Gasteiger partial charge in [0.05, 0.1) is 15.1 Å². The van der Waals surface area contributed by atoms with Gasteiger partial charge < -0.3 is 0 Å². The van der Waals surface area contributed by atoms with Crippen molar-refractivity contribution < 1.29 is 28.0 Å². The third-order valence-corrected chi connectivity index (χ3v) is 5.32. The maximum atomic E-state index is 10.8. The van der Waals surface area contributed by atoms with Crippen LogP contribution in [0.25, 0.3) is 5.57 Å². The van der Waals surface area contributed by atoms with E-state index in [1.165, 1.54) is 0 Å². The van der Waals surface area contributed by atoms with Crippen LogP contribution in [0.15, 0.2) is 65.6 Å². The Kier molecular flexibility index (Phi) is 3.95. The third-order valence-electron chi connectivity index (χ3n) is 2.98. The van der Waals surface area contributed by atoms with E-state index in [9.17, 15) is 14.0 Å². The van der Waals surface area contributed by atoms with Crippen LogP contribution in [-0.2, 0) is 3.74 Å². The van der Waals surface area contributed by atoms with Crippen LogP contribution in [0.2, 0.25) is 0 Å². The molecule has 3 rings (SSSR count). The van der Waals surface area contributed by atoms with Gasteiger partial charge in [-0.15, -0.1) is 0 Å². The number of hydrogen-bond acceptors (Lipinski definition) is 4. The summed E-state index contributed by atoms with van der Waals surface area (Å²) >= 11 is 0. The van der Waals surface area contributed by atoms with Crippen molar-refractivity contribution in [2.75, 3.05) is 0 Å². The summed E-state index contributed by atoms with van der Waals surface area (Å²) < 4.78 is 37.1. The fourth-order valence-corrected chi connectivity index (χ4v) is 4.28. The first-order valence-electron chi connectivity index (χ1n) is 6.08. The van der Waals surface area contributed by atoms with Crippen molar-refractivity contribution in [3.05, 3.63) is 71.8 Å². The maximum absolute atomic E-state index is 10.8. The van der Waals surface area contributed by atoms with Crippen LogP contribution >= 0.6 is 10.8 Å². The van der Waals surface area contributed by atoms with Crippen molar-refractivity contribution in [2.45, 2.75) is 4.90 Å². The van der Waals surface area contributed by atoms with Crippen molar-refractivity contribution in [3.8, 4) is 0 Å². The molecule has 0 aliphatic carbocycles. The largest absolute Gasteiger partial charge is 0.182 e. The van der Waals surface area contributed by atoms with E-state index in [1.54, 1.807) is 23.6 Å². The molecule has 1 unspecified atom stereocenters. The van der Waals surface area contributed by atoms with E-state index in [-0.39, 0.29) is 0 Å². The lowest BCUT2D eigenvalue weighted by atomic mass is 9.98.